The van der Waals surface area contributed by atoms with E-state index >= 15 is 0 Å². The summed E-state index contributed by atoms with van der Waals surface area (Å²) >= 11 is 5.97. The van der Waals surface area contributed by atoms with Crippen molar-refractivity contribution < 1.29 is 5.11 Å². The Balaban J connectivity index is 1.88. The van der Waals surface area contributed by atoms with Gasteiger partial charge in [-0.2, -0.15) is 0 Å². The number of aromatic hydroxyl groups is 1. The van der Waals surface area contributed by atoms with Crippen LogP contribution in [0.25, 0.3) is 0 Å². The van der Waals surface area contributed by atoms with Crippen molar-refractivity contribution in [3.05, 3.63) is 53.3 Å². The highest BCUT2D eigenvalue weighted by molar-refractivity contribution is 6.33. The quantitative estimate of drug-likeness (QED) is 0.874. The Morgan fingerprint density at radius 3 is 2.65 bits per heavy atom. The van der Waals surface area contributed by atoms with Gasteiger partial charge in [0, 0.05) is 18.9 Å². The standard InChI is InChI=1S/C13H13ClN2O/c14-12-9-15-7-6-13(12)16-8-5-10-1-3-11(17)4-2-10/h1-4,6-7,9,17H,5,8H2,(H,15,16). The van der Waals surface area contributed by atoms with E-state index in [4.69, 9.17) is 16.7 Å². The SMILES string of the molecule is Oc1ccc(CCNc2ccncc2Cl)cc1. The summed E-state index contributed by atoms with van der Waals surface area (Å²) < 4.78 is 0. The minimum absolute atomic E-state index is 0.291. The summed E-state index contributed by atoms with van der Waals surface area (Å²) in [5.74, 6) is 0.291. The third-order valence-corrected chi connectivity index (χ3v) is 2.74. The van der Waals surface area contributed by atoms with Crippen molar-refractivity contribution in [2.75, 3.05) is 11.9 Å². The Bertz CT molecular complexity index is 485. The summed E-state index contributed by atoms with van der Waals surface area (Å²) in [7, 11) is 0. The van der Waals surface area contributed by atoms with Crippen LogP contribution in [0.5, 0.6) is 5.75 Å². The number of hydrogen-bond donors (Lipinski definition) is 2. The average molecular weight is 249 g/mol. The maximum atomic E-state index is 9.16. The third-order valence-electron chi connectivity index (χ3n) is 2.44. The van der Waals surface area contributed by atoms with Gasteiger partial charge in [0.15, 0.2) is 0 Å². The number of phenolic OH excluding ortho intramolecular Hbond substituents is 1. The van der Waals surface area contributed by atoms with Crippen LogP contribution in [-0.2, 0) is 6.42 Å². The predicted molar refractivity (Wildman–Crippen MR) is 69.5 cm³/mol. The number of benzene rings is 1. The fourth-order valence-corrected chi connectivity index (χ4v) is 1.71. The Morgan fingerprint density at radius 2 is 1.94 bits per heavy atom. The van der Waals surface area contributed by atoms with Gasteiger partial charge < -0.3 is 10.4 Å². The first-order valence-corrected chi connectivity index (χ1v) is 5.75. The van der Waals surface area contributed by atoms with Crippen molar-refractivity contribution in [2.24, 2.45) is 0 Å². The van der Waals surface area contributed by atoms with Crippen molar-refractivity contribution >= 4 is 17.3 Å². The molecular weight excluding hydrogens is 236 g/mol. The molecule has 0 bridgehead atoms. The summed E-state index contributed by atoms with van der Waals surface area (Å²) in [6, 6.07) is 9.04. The van der Waals surface area contributed by atoms with Gasteiger partial charge in [-0.1, -0.05) is 23.7 Å². The topological polar surface area (TPSA) is 45.1 Å². The molecule has 0 aliphatic rings. The minimum atomic E-state index is 0.291. The molecule has 0 amide bonds. The van der Waals surface area contributed by atoms with Gasteiger partial charge in [-0.05, 0) is 30.2 Å². The Morgan fingerprint density at radius 1 is 1.18 bits per heavy atom. The number of anilines is 1. The lowest BCUT2D eigenvalue weighted by molar-refractivity contribution is 0.475. The van der Waals surface area contributed by atoms with Crippen LogP contribution in [0.2, 0.25) is 5.02 Å². The number of rotatable bonds is 4. The number of nitrogens with one attached hydrogen (secondary N) is 1. The van der Waals surface area contributed by atoms with E-state index in [1.54, 1.807) is 24.5 Å². The second kappa shape index (κ2) is 5.55. The van der Waals surface area contributed by atoms with Crippen molar-refractivity contribution in [3.63, 3.8) is 0 Å². The van der Waals surface area contributed by atoms with E-state index in [1.165, 1.54) is 5.56 Å². The van der Waals surface area contributed by atoms with E-state index in [1.807, 2.05) is 18.2 Å². The zero-order valence-electron chi connectivity index (χ0n) is 9.23. The van der Waals surface area contributed by atoms with Crippen LogP contribution in [0.3, 0.4) is 0 Å². The van der Waals surface area contributed by atoms with Gasteiger partial charge in [-0.15, -0.1) is 0 Å². The molecule has 0 aliphatic heterocycles. The van der Waals surface area contributed by atoms with E-state index in [-0.39, 0.29) is 0 Å². The molecule has 0 atom stereocenters. The molecule has 0 unspecified atom stereocenters. The molecular formula is C13H13ClN2O. The zero-order valence-corrected chi connectivity index (χ0v) is 9.98. The number of aromatic nitrogens is 1. The minimum Gasteiger partial charge on any atom is -0.508 e. The molecule has 0 fully saturated rings. The molecule has 88 valence electrons. The summed E-state index contributed by atoms with van der Waals surface area (Å²) in [5.41, 5.74) is 2.06. The van der Waals surface area contributed by atoms with Crippen LogP contribution in [0.15, 0.2) is 42.7 Å². The molecule has 2 aromatic rings. The maximum Gasteiger partial charge on any atom is 0.115 e. The number of pyridine rings is 1. The fourth-order valence-electron chi connectivity index (χ4n) is 1.52. The van der Waals surface area contributed by atoms with Crippen LogP contribution < -0.4 is 5.32 Å². The van der Waals surface area contributed by atoms with E-state index < -0.39 is 0 Å². The van der Waals surface area contributed by atoms with Gasteiger partial charge in [-0.25, -0.2) is 0 Å². The van der Waals surface area contributed by atoms with E-state index in [0.29, 0.717) is 10.8 Å². The molecule has 0 saturated carbocycles. The Hall–Kier alpha value is -1.74. The van der Waals surface area contributed by atoms with Crippen LogP contribution >= 0.6 is 11.6 Å². The smallest absolute Gasteiger partial charge is 0.115 e. The summed E-state index contributed by atoms with van der Waals surface area (Å²) in [6.07, 6.45) is 4.19. The molecule has 3 nitrogen and oxygen atoms in total. The predicted octanol–water partition coefficient (Wildman–Crippen LogP) is 3.10. The lowest BCUT2D eigenvalue weighted by Gasteiger charge is -2.07. The highest BCUT2D eigenvalue weighted by Crippen LogP contribution is 2.19. The maximum absolute atomic E-state index is 9.16. The second-order valence-corrected chi connectivity index (χ2v) is 4.11. The van der Waals surface area contributed by atoms with Gasteiger partial charge in [0.05, 0.1) is 10.7 Å². The number of hydrogen-bond acceptors (Lipinski definition) is 3. The summed E-state index contributed by atoms with van der Waals surface area (Å²) in [6.45, 7) is 0.786. The van der Waals surface area contributed by atoms with Crippen LogP contribution in [0, 0.1) is 0 Å². The second-order valence-electron chi connectivity index (χ2n) is 3.70. The van der Waals surface area contributed by atoms with Gasteiger partial charge in [0.2, 0.25) is 0 Å². The van der Waals surface area contributed by atoms with Crippen molar-refractivity contribution in [1.29, 1.82) is 0 Å². The van der Waals surface area contributed by atoms with Gasteiger partial charge in [-0.3, -0.25) is 4.98 Å². The van der Waals surface area contributed by atoms with E-state index in [2.05, 4.69) is 10.3 Å². The number of phenols is 1. The summed E-state index contributed by atoms with van der Waals surface area (Å²) in [5, 5.41) is 13.0. The van der Waals surface area contributed by atoms with Crippen LogP contribution in [0.4, 0.5) is 5.69 Å². The molecule has 1 heterocycles. The fraction of sp³-hybridized carbons (Fsp3) is 0.154. The first-order valence-electron chi connectivity index (χ1n) is 5.37. The zero-order chi connectivity index (χ0) is 12.1. The molecule has 2 rings (SSSR count). The summed E-state index contributed by atoms with van der Waals surface area (Å²) in [4.78, 5) is 3.92. The third kappa shape index (κ3) is 3.36. The molecule has 4 heteroatoms. The molecule has 2 N–H and O–H groups in total. The molecule has 0 aliphatic carbocycles. The lowest BCUT2D eigenvalue weighted by atomic mass is 10.1. The molecule has 0 spiro atoms. The van der Waals surface area contributed by atoms with Crippen LogP contribution in [0.1, 0.15) is 5.56 Å². The van der Waals surface area contributed by atoms with Crippen molar-refractivity contribution in [2.45, 2.75) is 6.42 Å². The molecule has 1 aromatic heterocycles. The van der Waals surface area contributed by atoms with E-state index in [9.17, 15) is 0 Å². The Labute approximate surface area is 105 Å². The molecule has 1 aromatic carbocycles. The normalized spacial score (nSPS) is 10.2. The largest absolute Gasteiger partial charge is 0.508 e. The first kappa shape index (κ1) is 11.7. The highest BCUT2D eigenvalue weighted by Gasteiger charge is 1.98. The average Bonchev–Trinajstić information content (AvgIpc) is 2.34. The van der Waals surface area contributed by atoms with E-state index in [0.717, 1.165) is 18.7 Å². The number of halogens is 1. The lowest BCUT2D eigenvalue weighted by Crippen LogP contribution is -2.05. The monoisotopic (exact) mass is 248 g/mol. The Kier molecular flexibility index (Phi) is 3.83. The van der Waals surface area contributed by atoms with Gasteiger partial charge >= 0.3 is 0 Å². The van der Waals surface area contributed by atoms with Crippen LogP contribution in [-0.4, -0.2) is 16.6 Å². The molecule has 0 radical (unpaired) electrons. The number of nitrogens with zero attached hydrogens (tertiary/aromatic N) is 1. The first-order chi connectivity index (χ1) is 8.25. The van der Waals surface area contributed by atoms with Gasteiger partial charge in [0.25, 0.3) is 0 Å². The highest BCUT2D eigenvalue weighted by atomic mass is 35.5. The molecule has 17 heavy (non-hydrogen) atoms. The van der Waals surface area contributed by atoms with Crippen molar-refractivity contribution in [3.8, 4) is 5.75 Å². The van der Waals surface area contributed by atoms with Gasteiger partial charge in [0.1, 0.15) is 5.75 Å². The molecule has 0 saturated heterocycles. The van der Waals surface area contributed by atoms with Crippen molar-refractivity contribution in [1.82, 2.24) is 4.98 Å².